The Labute approximate surface area is 131 Å². The van der Waals surface area contributed by atoms with Gasteiger partial charge >= 0.3 is 0 Å². The molecule has 1 atom stereocenters. The Hall–Kier alpha value is -1.88. The zero-order valence-electron chi connectivity index (χ0n) is 13.1. The van der Waals surface area contributed by atoms with Gasteiger partial charge < -0.3 is 15.3 Å². The van der Waals surface area contributed by atoms with Crippen LogP contribution in [0.15, 0.2) is 24.3 Å². The lowest BCUT2D eigenvalue weighted by Gasteiger charge is -2.27. The maximum Gasteiger partial charge on any atom is 0.227 e. The molecular weight excluding hydrogens is 276 g/mol. The summed E-state index contributed by atoms with van der Waals surface area (Å²) in [6.07, 6.45) is 4.55. The van der Waals surface area contributed by atoms with Crippen molar-refractivity contribution in [3.8, 4) is 0 Å². The molecule has 1 saturated heterocycles. The molecule has 0 aliphatic carbocycles. The first-order chi connectivity index (χ1) is 10.8. The highest BCUT2D eigenvalue weighted by molar-refractivity contribution is 5.90. The number of nitrogens with zero attached hydrogens (tertiary/aromatic N) is 3. The van der Waals surface area contributed by atoms with Crippen molar-refractivity contribution in [2.75, 3.05) is 29.9 Å². The van der Waals surface area contributed by atoms with Gasteiger partial charge in [0.05, 0.1) is 18.2 Å². The molecule has 5 nitrogen and oxygen atoms in total. The average molecular weight is 300 g/mol. The summed E-state index contributed by atoms with van der Waals surface area (Å²) in [4.78, 5) is 11.7. The van der Waals surface area contributed by atoms with Crippen LogP contribution in [0.2, 0.25) is 0 Å². The molecule has 1 unspecified atom stereocenters. The van der Waals surface area contributed by atoms with E-state index in [1.807, 2.05) is 24.3 Å². The number of nitrogens with one attached hydrogen (secondary N) is 1. The molecule has 1 fully saturated rings. The van der Waals surface area contributed by atoms with E-state index in [-0.39, 0.29) is 12.6 Å². The van der Waals surface area contributed by atoms with Crippen LogP contribution in [0.5, 0.6) is 0 Å². The highest BCUT2D eigenvalue weighted by atomic mass is 16.3. The Morgan fingerprint density at radius 2 is 1.95 bits per heavy atom. The number of hydrogen-bond donors (Lipinski definition) is 2. The number of fused-ring (bicyclic) bond motifs is 1. The summed E-state index contributed by atoms with van der Waals surface area (Å²) in [6, 6.07) is 8.07. The zero-order chi connectivity index (χ0) is 15.4. The fraction of sp³-hybridized carbons (Fsp3) is 0.529. The minimum absolute atomic E-state index is 0.0208. The molecule has 0 amide bonds. The number of piperidine rings is 1. The van der Waals surface area contributed by atoms with Gasteiger partial charge in [0.1, 0.15) is 5.82 Å². The van der Waals surface area contributed by atoms with Crippen LogP contribution in [-0.2, 0) is 0 Å². The van der Waals surface area contributed by atoms with Crippen LogP contribution < -0.4 is 10.2 Å². The number of rotatable bonds is 5. The second kappa shape index (κ2) is 6.92. The summed E-state index contributed by atoms with van der Waals surface area (Å²) in [5, 5.41) is 13.8. The Balaban J connectivity index is 1.99. The van der Waals surface area contributed by atoms with E-state index in [2.05, 4.69) is 17.1 Å². The van der Waals surface area contributed by atoms with Crippen LogP contribution in [0, 0.1) is 0 Å². The molecule has 0 radical (unpaired) electrons. The molecule has 3 rings (SSSR count). The predicted molar refractivity (Wildman–Crippen MR) is 90.4 cm³/mol. The van der Waals surface area contributed by atoms with Crippen LogP contribution in [0.25, 0.3) is 10.9 Å². The van der Waals surface area contributed by atoms with E-state index in [0.29, 0.717) is 0 Å². The molecule has 0 saturated carbocycles. The largest absolute Gasteiger partial charge is 0.394 e. The van der Waals surface area contributed by atoms with Gasteiger partial charge in [-0.2, -0.15) is 4.98 Å². The van der Waals surface area contributed by atoms with Crippen molar-refractivity contribution in [2.45, 2.75) is 38.6 Å². The van der Waals surface area contributed by atoms with Gasteiger partial charge in [0.2, 0.25) is 5.95 Å². The Kier molecular flexibility index (Phi) is 4.73. The third kappa shape index (κ3) is 3.14. The molecule has 1 aliphatic heterocycles. The first-order valence-corrected chi connectivity index (χ1v) is 8.21. The predicted octanol–water partition coefficient (Wildman–Crippen LogP) is 2.80. The minimum atomic E-state index is 0.0208. The summed E-state index contributed by atoms with van der Waals surface area (Å²) in [6.45, 7) is 4.21. The first-order valence-electron chi connectivity index (χ1n) is 8.21. The molecule has 22 heavy (non-hydrogen) atoms. The van der Waals surface area contributed by atoms with Crippen LogP contribution in [0.3, 0.4) is 0 Å². The van der Waals surface area contributed by atoms with E-state index in [9.17, 15) is 5.11 Å². The SMILES string of the molecule is CCC(CO)Nc1nc(N2CCCCC2)nc2ccccc12. The maximum absolute atomic E-state index is 9.46. The normalized spacial score (nSPS) is 16.7. The molecule has 118 valence electrons. The third-order valence-corrected chi connectivity index (χ3v) is 4.28. The van der Waals surface area contributed by atoms with E-state index in [1.165, 1.54) is 19.3 Å². The molecular formula is C17H24N4O. The zero-order valence-corrected chi connectivity index (χ0v) is 13.1. The molecule has 5 heteroatoms. The smallest absolute Gasteiger partial charge is 0.227 e. The van der Waals surface area contributed by atoms with Gasteiger partial charge in [-0.05, 0) is 37.8 Å². The quantitative estimate of drug-likeness (QED) is 0.889. The lowest BCUT2D eigenvalue weighted by atomic mass is 10.1. The molecule has 1 aromatic heterocycles. The molecule has 2 heterocycles. The Morgan fingerprint density at radius 3 is 2.68 bits per heavy atom. The van der Waals surface area contributed by atoms with Gasteiger partial charge in [-0.3, -0.25) is 0 Å². The minimum Gasteiger partial charge on any atom is -0.394 e. The second-order valence-electron chi connectivity index (χ2n) is 5.87. The van der Waals surface area contributed by atoms with Crippen molar-refractivity contribution in [1.82, 2.24) is 9.97 Å². The van der Waals surface area contributed by atoms with Crippen molar-refractivity contribution in [3.05, 3.63) is 24.3 Å². The van der Waals surface area contributed by atoms with Crippen molar-refractivity contribution in [3.63, 3.8) is 0 Å². The van der Waals surface area contributed by atoms with E-state index < -0.39 is 0 Å². The molecule has 1 aliphatic rings. The highest BCUT2D eigenvalue weighted by Crippen LogP contribution is 2.25. The maximum atomic E-state index is 9.46. The van der Waals surface area contributed by atoms with E-state index in [4.69, 9.17) is 9.97 Å². The number of aromatic nitrogens is 2. The number of hydrogen-bond acceptors (Lipinski definition) is 5. The fourth-order valence-electron chi connectivity index (χ4n) is 2.88. The van der Waals surface area contributed by atoms with Gasteiger partial charge in [-0.25, -0.2) is 4.98 Å². The summed E-state index contributed by atoms with van der Waals surface area (Å²) in [7, 11) is 0. The average Bonchev–Trinajstić information content (AvgIpc) is 2.60. The van der Waals surface area contributed by atoms with Crippen LogP contribution in [-0.4, -0.2) is 40.8 Å². The van der Waals surface area contributed by atoms with Crippen LogP contribution in [0.4, 0.5) is 11.8 Å². The van der Waals surface area contributed by atoms with Crippen LogP contribution >= 0.6 is 0 Å². The summed E-state index contributed by atoms with van der Waals surface area (Å²) < 4.78 is 0. The summed E-state index contributed by atoms with van der Waals surface area (Å²) in [5.41, 5.74) is 0.952. The van der Waals surface area contributed by atoms with E-state index in [0.717, 1.165) is 42.2 Å². The standard InChI is InChI=1S/C17H24N4O/c1-2-13(12-22)18-16-14-8-4-5-9-15(14)19-17(20-16)21-10-6-3-7-11-21/h4-5,8-9,13,22H,2-3,6-7,10-12H2,1H3,(H,18,19,20). The van der Waals surface area contributed by atoms with Crippen molar-refractivity contribution >= 4 is 22.7 Å². The van der Waals surface area contributed by atoms with Crippen LogP contribution in [0.1, 0.15) is 32.6 Å². The van der Waals surface area contributed by atoms with Crippen molar-refractivity contribution in [1.29, 1.82) is 0 Å². The Bertz CT molecular complexity index is 621. The van der Waals surface area contributed by atoms with E-state index in [1.54, 1.807) is 0 Å². The van der Waals surface area contributed by atoms with Crippen molar-refractivity contribution < 1.29 is 5.11 Å². The highest BCUT2D eigenvalue weighted by Gasteiger charge is 2.17. The molecule has 1 aromatic carbocycles. The van der Waals surface area contributed by atoms with Crippen molar-refractivity contribution in [2.24, 2.45) is 0 Å². The number of aliphatic hydroxyl groups excluding tert-OH is 1. The topological polar surface area (TPSA) is 61.3 Å². The summed E-state index contributed by atoms with van der Waals surface area (Å²) >= 11 is 0. The molecule has 0 bridgehead atoms. The lowest BCUT2D eigenvalue weighted by Crippen LogP contribution is -2.31. The molecule has 0 spiro atoms. The number of anilines is 2. The summed E-state index contributed by atoms with van der Waals surface area (Å²) in [5.74, 6) is 1.63. The second-order valence-corrected chi connectivity index (χ2v) is 5.87. The number of aliphatic hydroxyl groups is 1. The van der Waals surface area contributed by atoms with Gasteiger partial charge in [-0.15, -0.1) is 0 Å². The Morgan fingerprint density at radius 1 is 1.18 bits per heavy atom. The molecule has 2 aromatic rings. The number of benzene rings is 1. The molecule has 2 N–H and O–H groups in total. The van der Waals surface area contributed by atoms with Gasteiger partial charge in [-0.1, -0.05) is 19.1 Å². The first kappa shape index (κ1) is 15.0. The monoisotopic (exact) mass is 300 g/mol. The lowest BCUT2D eigenvalue weighted by molar-refractivity contribution is 0.271. The van der Waals surface area contributed by atoms with E-state index >= 15 is 0 Å². The van der Waals surface area contributed by atoms with Gasteiger partial charge in [0.15, 0.2) is 0 Å². The fourth-order valence-corrected chi connectivity index (χ4v) is 2.88. The van der Waals surface area contributed by atoms with Gasteiger partial charge in [0.25, 0.3) is 0 Å². The third-order valence-electron chi connectivity index (χ3n) is 4.28. The number of para-hydroxylation sites is 1. The van der Waals surface area contributed by atoms with Gasteiger partial charge in [0, 0.05) is 18.5 Å².